The van der Waals surface area contributed by atoms with Crippen molar-refractivity contribution in [3.05, 3.63) is 0 Å². The van der Waals surface area contributed by atoms with E-state index in [4.69, 9.17) is 5.11 Å². The summed E-state index contributed by atoms with van der Waals surface area (Å²) in [4.78, 5) is 14.9. The van der Waals surface area contributed by atoms with Gasteiger partial charge in [-0.3, -0.25) is 9.69 Å². The minimum atomic E-state index is -4.34. The molecule has 1 saturated heterocycles. The van der Waals surface area contributed by atoms with Crippen LogP contribution in [0.5, 0.6) is 0 Å². The average Bonchev–Trinajstić information content (AvgIpc) is 2.32. The molecule has 0 aliphatic carbocycles. The third kappa shape index (κ3) is 7.13. The molecule has 0 aromatic heterocycles. The van der Waals surface area contributed by atoms with E-state index in [1.807, 2.05) is 0 Å². The second-order valence-electron chi connectivity index (χ2n) is 6.15. The van der Waals surface area contributed by atoms with Crippen molar-refractivity contribution >= 4 is 5.91 Å². The second-order valence-corrected chi connectivity index (χ2v) is 6.15. The van der Waals surface area contributed by atoms with Crippen LogP contribution in [0, 0.1) is 11.8 Å². The van der Waals surface area contributed by atoms with Gasteiger partial charge < -0.3 is 10.0 Å². The Bertz CT molecular complexity index is 327. The zero-order valence-corrected chi connectivity index (χ0v) is 12.7. The topological polar surface area (TPSA) is 43.8 Å². The summed E-state index contributed by atoms with van der Waals surface area (Å²) < 4.78 is 37.6. The number of aliphatic hydroxyl groups excluding tert-OH is 1. The molecule has 0 aromatic rings. The standard InChI is InChI=1S/C14H25F3N2O2/c1-11-6-12(2)8-19(7-11)13(21)9-18(4-3-5-20)10-14(15,16)17/h11-12,20H,3-10H2,1-2H3. The summed E-state index contributed by atoms with van der Waals surface area (Å²) in [6.07, 6.45) is -3.06. The van der Waals surface area contributed by atoms with Crippen LogP contribution in [-0.2, 0) is 4.79 Å². The molecule has 1 aliphatic rings. The van der Waals surface area contributed by atoms with Crippen LogP contribution in [0.3, 0.4) is 0 Å². The number of nitrogens with zero attached hydrogens (tertiary/aromatic N) is 2. The lowest BCUT2D eigenvalue weighted by atomic mass is 9.92. The van der Waals surface area contributed by atoms with Crippen molar-refractivity contribution in [3.63, 3.8) is 0 Å². The number of likely N-dealkylation sites (tertiary alicyclic amines) is 1. The van der Waals surface area contributed by atoms with Gasteiger partial charge in [0.05, 0.1) is 13.1 Å². The quantitative estimate of drug-likeness (QED) is 0.813. The number of halogens is 3. The maximum absolute atomic E-state index is 12.5. The molecule has 1 N–H and O–H groups in total. The van der Waals surface area contributed by atoms with Crippen molar-refractivity contribution in [3.8, 4) is 0 Å². The highest BCUT2D eigenvalue weighted by Gasteiger charge is 2.33. The Labute approximate surface area is 123 Å². The molecule has 2 unspecified atom stereocenters. The van der Waals surface area contributed by atoms with Crippen LogP contribution in [-0.4, -0.2) is 66.3 Å². The van der Waals surface area contributed by atoms with E-state index in [9.17, 15) is 18.0 Å². The van der Waals surface area contributed by atoms with Gasteiger partial charge in [-0.2, -0.15) is 13.2 Å². The van der Waals surface area contributed by atoms with Gasteiger partial charge in [0.2, 0.25) is 5.91 Å². The molecule has 0 saturated carbocycles. The molecule has 2 atom stereocenters. The third-order valence-electron chi connectivity index (χ3n) is 3.62. The fourth-order valence-corrected chi connectivity index (χ4v) is 2.92. The average molecular weight is 310 g/mol. The number of hydrogen-bond acceptors (Lipinski definition) is 3. The van der Waals surface area contributed by atoms with E-state index in [0.717, 1.165) is 11.3 Å². The van der Waals surface area contributed by atoms with E-state index in [-0.39, 0.29) is 32.0 Å². The van der Waals surface area contributed by atoms with Gasteiger partial charge in [-0.1, -0.05) is 13.8 Å². The lowest BCUT2D eigenvalue weighted by molar-refractivity contribution is -0.152. The number of hydrogen-bond donors (Lipinski definition) is 1. The van der Waals surface area contributed by atoms with Crippen LogP contribution >= 0.6 is 0 Å². The number of rotatable bonds is 6. The first-order valence-electron chi connectivity index (χ1n) is 7.39. The number of carbonyl (C=O) groups excluding carboxylic acids is 1. The maximum atomic E-state index is 12.5. The largest absolute Gasteiger partial charge is 0.401 e. The number of piperidine rings is 1. The molecular formula is C14H25F3N2O2. The Morgan fingerprint density at radius 3 is 2.33 bits per heavy atom. The van der Waals surface area contributed by atoms with Gasteiger partial charge in [0.25, 0.3) is 0 Å². The first-order chi connectivity index (χ1) is 9.71. The molecule has 1 rings (SSSR count). The summed E-state index contributed by atoms with van der Waals surface area (Å²) in [7, 11) is 0. The van der Waals surface area contributed by atoms with Gasteiger partial charge >= 0.3 is 6.18 Å². The molecule has 0 radical (unpaired) electrons. The van der Waals surface area contributed by atoms with Crippen molar-refractivity contribution in [2.24, 2.45) is 11.8 Å². The summed E-state index contributed by atoms with van der Waals surface area (Å²) in [5.74, 6) is 0.507. The van der Waals surface area contributed by atoms with Gasteiger partial charge in [-0.15, -0.1) is 0 Å². The first kappa shape index (κ1) is 18.2. The minimum absolute atomic E-state index is 0.0701. The molecule has 7 heteroatoms. The molecule has 0 aromatic carbocycles. The smallest absolute Gasteiger partial charge is 0.396 e. The highest BCUT2D eigenvalue weighted by molar-refractivity contribution is 5.78. The van der Waals surface area contributed by atoms with Crippen LogP contribution in [0.15, 0.2) is 0 Å². The van der Waals surface area contributed by atoms with E-state index in [2.05, 4.69) is 13.8 Å². The predicted octanol–water partition coefficient (Wildman–Crippen LogP) is 1.74. The van der Waals surface area contributed by atoms with E-state index in [1.165, 1.54) is 0 Å². The number of carbonyl (C=O) groups is 1. The normalized spacial score (nSPS) is 23.7. The van der Waals surface area contributed by atoms with Crippen molar-refractivity contribution in [1.82, 2.24) is 9.80 Å². The van der Waals surface area contributed by atoms with E-state index < -0.39 is 12.7 Å². The van der Waals surface area contributed by atoms with Crippen LogP contribution in [0.2, 0.25) is 0 Å². The summed E-state index contributed by atoms with van der Waals surface area (Å²) in [6, 6.07) is 0. The fourth-order valence-electron chi connectivity index (χ4n) is 2.92. The Kier molecular flexibility index (Phi) is 6.93. The summed E-state index contributed by atoms with van der Waals surface area (Å²) in [5.41, 5.74) is 0. The summed E-state index contributed by atoms with van der Waals surface area (Å²) in [6.45, 7) is 3.87. The first-order valence-corrected chi connectivity index (χ1v) is 7.39. The fraction of sp³-hybridized carbons (Fsp3) is 0.929. The molecule has 1 aliphatic heterocycles. The number of aliphatic hydroxyl groups is 1. The lowest BCUT2D eigenvalue weighted by Gasteiger charge is -2.36. The Morgan fingerprint density at radius 1 is 1.29 bits per heavy atom. The van der Waals surface area contributed by atoms with E-state index in [1.54, 1.807) is 4.90 Å². The molecule has 124 valence electrons. The van der Waals surface area contributed by atoms with Gasteiger partial charge in [-0.05, 0) is 24.7 Å². The lowest BCUT2D eigenvalue weighted by Crippen LogP contribution is -2.48. The van der Waals surface area contributed by atoms with Crippen LogP contribution in [0.1, 0.15) is 26.7 Å². The van der Waals surface area contributed by atoms with Crippen LogP contribution in [0.4, 0.5) is 13.2 Å². The molecular weight excluding hydrogens is 285 g/mol. The Morgan fingerprint density at radius 2 is 1.86 bits per heavy atom. The predicted molar refractivity (Wildman–Crippen MR) is 73.7 cm³/mol. The van der Waals surface area contributed by atoms with Gasteiger partial charge in [0.1, 0.15) is 0 Å². The Balaban J connectivity index is 2.57. The highest BCUT2D eigenvalue weighted by atomic mass is 19.4. The SMILES string of the molecule is CC1CC(C)CN(C(=O)CN(CCCO)CC(F)(F)F)C1. The molecule has 0 bridgehead atoms. The van der Waals surface area contributed by atoms with Crippen LogP contribution in [0.25, 0.3) is 0 Å². The van der Waals surface area contributed by atoms with Gasteiger partial charge in [0, 0.05) is 26.2 Å². The van der Waals surface area contributed by atoms with Crippen LogP contribution < -0.4 is 0 Å². The molecule has 1 fully saturated rings. The molecule has 1 heterocycles. The second kappa shape index (κ2) is 7.98. The van der Waals surface area contributed by atoms with E-state index in [0.29, 0.717) is 24.9 Å². The van der Waals surface area contributed by atoms with E-state index >= 15 is 0 Å². The third-order valence-corrected chi connectivity index (χ3v) is 3.62. The molecule has 0 spiro atoms. The van der Waals surface area contributed by atoms with Gasteiger partial charge in [0.15, 0.2) is 0 Å². The van der Waals surface area contributed by atoms with Crippen molar-refractivity contribution < 1.29 is 23.1 Å². The minimum Gasteiger partial charge on any atom is -0.396 e. The molecule has 21 heavy (non-hydrogen) atoms. The zero-order valence-electron chi connectivity index (χ0n) is 12.7. The number of amides is 1. The molecule has 4 nitrogen and oxygen atoms in total. The Hall–Kier alpha value is -0.820. The van der Waals surface area contributed by atoms with Crippen molar-refractivity contribution in [2.75, 3.05) is 39.3 Å². The van der Waals surface area contributed by atoms with Crippen molar-refractivity contribution in [2.45, 2.75) is 32.9 Å². The molecule has 1 amide bonds. The summed E-state index contributed by atoms with van der Waals surface area (Å²) >= 11 is 0. The zero-order chi connectivity index (χ0) is 16.0. The monoisotopic (exact) mass is 310 g/mol. The maximum Gasteiger partial charge on any atom is 0.401 e. The highest BCUT2D eigenvalue weighted by Crippen LogP contribution is 2.22. The van der Waals surface area contributed by atoms with Gasteiger partial charge in [-0.25, -0.2) is 0 Å². The van der Waals surface area contributed by atoms with Crippen molar-refractivity contribution in [1.29, 1.82) is 0 Å². The number of alkyl halides is 3. The summed E-state index contributed by atoms with van der Waals surface area (Å²) in [5, 5.41) is 8.76.